The fourth-order valence-corrected chi connectivity index (χ4v) is 3.02. The van der Waals surface area contributed by atoms with E-state index in [0.717, 1.165) is 18.1 Å². The molecule has 1 unspecified atom stereocenters. The van der Waals surface area contributed by atoms with E-state index in [1.807, 2.05) is 13.0 Å². The monoisotopic (exact) mass is 236 g/mol. The quantitative estimate of drug-likeness (QED) is 0.854. The second kappa shape index (κ2) is 5.69. The van der Waals surface area contributed by atoms with Crippen molar-refractivity contribution in [1.29, 1.82) is 0 Å². The Labute approximate surface area is 104 Å². The normalized spacial score (nSPS) is 19.1. The minimum Gasteiger partial charge on any atom is -0.465 e. The van der Waals surface area contributed by atoms with Crippen molar-refractivity contribution in [3.05, 3.63) is 23.7 Å². The van der Waals surface area contributed by atoms with Gasteiger partial charge in [-0.05, 0) is 38.4 Å². The molecule has 0 aliphatic heterocycles. The number of nitrogens with two attached hydrogens (primary N) is 1. The van der Waals surface area contributed by atoms with Gasteiger partial charge in [-0.3, -0.25) is 4.90 Å². The molecule has 0 bridgehead atoms. The van der Waals surface area contributed by atoms with Crippen LogP contribution in [0.2, 0.25) is 0 Å². The molecule has 0 saturated heterocycles. The molecule has 1 atom stereocenters. The fourth-order valence-electron chi connectivity index (χ4n) is 3.02. The highest BCUT2D eigenvalue weighted by Crippen LogP contribution is 2.31. The molecule has 0 spiro atoms. The number of aryl methyl sites for hydroxylation is 1. The van der Waals surface area contributed by atoms with Crippen LogP contribution in [0.15, 0.2) is 16.5 Å². The molecule has 17 heavy (non-hydrogen) atoms. The lowest BCUT2D eigenvalue weighted by Crippen LogP contribution is -2.39. The Kier molecular flexibility index (Phi) is 4.24. The van der Waals surface area contributed by atoms with Crippen LogP contribution in [0.25, 0.3) is 0 Å². The van der Waals surface area contributed by atoms with Crippen molar-refractivity contribution in [1.82, 2.24) is 4.90 Å². The summed E-state index contributed by atoms with van der Waals surface area (Å²) in [6.45, 7) is 5.89. The summed E-state index contributed by atoms with van der Waals surface area (Å²) in [6.07, 6.45) is 5.33. The van der Waals surface area contributed by atoms with Gasteiger partial charge in [0.05, 0.1) is 6.04 Å². The maximum atomic E-state index is 5.96. The average Bonchev–Trinajstić information content (AvgIpc) is 2.96. The molecule has 1 aliphatic carbocycles. The van der Waals surface area contributed by atoms with E-state index in [2.05, 4.69) is 17.9 Å². The average molecular weight is 236 g/mol. The summed E-state index contributed by atoms with van der Waals surface area (Å²) in [5.41, 5.74) is 5.96. The van der Waals surface area contributed by atoms with Crippen LogP contribution in [-0.2, 0) is 0 Å². The predicted octanol–water partition coefficient (Wildman–Crippen LogP) is 2.85. The van der Waals surface area contributed by atoms with Crippen LogP contribution in [0.5, 0.6) is 0 Å². The second-order valence-electron chi connectivity index (χ2n) is 4.97. The third-order valence-corrected chi connectivity index (χ3v) is 3.87. The zero-order valence-corrected chi connectivity index (χ0v) is 11.0. The van der Waals surface area contributed by atoms with Gasteiger partial charge in [-0.2, -0.15) is 0 Å². The highest BCUT2D eigenvalue weighted by Gasteiger charge is 2.29. The lowest BCUT2D eigenvalue weighted by Gasteiger charge is -2.33. The largest absolute Gasteiger partial charge is 0.465 e. The van der Waals surface area contributed by atoms with Crippen molar-refractivity contribution in [2.24, 2.45) is 5.73 Å². The predicted molar refractivity (Wildman–Crippen MR) is 69.9 cm³/mol. The van der Waals surface area contributed by atoms with Crippen LogP contribution in [0.4, 0.5) is 0 Å². The van der Waals surface area contributed by atoms with Crippen LogP contribution in [0, 0.1) is 6.92 Å². The summed E-state index contributed by atoms with van der Waals surface area (Å²) < 4.78 is 5.76. The first-order valence-electron chi connectivity index (χ1n) is 6.78. The number of likely N-dealkylation sites (N-methyl/N-ethyl adjacent to an activating group) is 1. The Morgan fingerprint density at radius 3 is 2.59 bits per heavy atom. The lowest BCUT2D eigenvalue weighted by molar-refractivity contribution is 0.130. The Morgan fingerprint density at radius 1 is 1.41 bits per heavy atom. The lowest BCUT2D eigenvalue weighted by atomic mass is 10.1. The maximum absolute atomic E-state index is 5.96. The molecular weight excluding hydrogens is 212 g/mol. The standard InChI is InChI=1S/C14H24N2O/c1-3-16(12-6-4-5-7-12)13(10-15)14-9-8-11(2)17-14/h8-9,12-13H,3-7,10,15H2,1-2H3. The zero-order chi connectivity index (χ0) is 12.3. The van der Waals surface area contributed by atoms with E-state index >= 15 is 0 Å². The molecule has 2 rings (SSSR count). The van der Waals surface area contributed by atoms with E-state index in [9.17, 15) is 0 Å². The summed E-state index contributed by atoms with van der Waals surface area (Å²) in [4.78, 5) is 2.52. The molecule has 1 saturated carbocycles. The topological polar surface area (TPSA) is 42.4 Å². The molecule has 1 aliphatic rings. The molecule has 2 N–H and O–H groups in total. The Bertz CT molecular complexity index is 342. The van der Waals surface area contributed by atoms with Gasteiger partial charge in [0.15, 0.2) is 0 Å². The molecule has 0 amide bonds. The highest BCUT2D eigenvalue weighted by molar-refractivity contribution is 5.11. The summed E-state index contributed by atoms with van der Waals surface area (Å²) >= 11 is 0. The summed E-state index contributed by atoms with van der Waals surface area (Å²) in [6, 6.07) is 5.04. The molecule has 3 heteroatoms. The molecule has 0 aromatic carbocycles. The van der Waals surface area contributed by atoms with Crippen molar-refractivity contribution in [2.45, 2.75) is 51.6 Å². The van der Waals surface area contributed by atoms with Gasteiger partial charge < -0.3 is 10.2 Å². The number of rotatable bonds is 5. The van der Waals surface area contributed by atoms with Crippen molar-refractivity contribution < 1.29 is 4.42 Å². The van der Waals surface area contributed by atoms with Gasteiger partial charge in [-0.25, -0.2) is 0 Å². The summed E-state index contributed by atoms with van der Waals surface area (Å²) in [5, 5.41) is 0. The molecule has 1 fully saturated rings. The van der Waals surface area contributed by atoms with Crippen LogP contribution in [-0.4, -0.2) is 24.0 Å². The Morgan fingerprint density at radius 2 is 2.12 bits per heavy atom. The first-order chi connectivity index (χ1) is 8.26. The minimum atomic E-state index is 0.247. The molecule has 1 aromatic rings. The zero-order valence-electron chi connectivity index (χ0n) is 11.0. The smallest absolute Gasteiger partial charge is 0.122 e. The van der Waals surface area contributed by atoms with E-state index in [0.29, 0.717) is 12.6 Å². The molecule has 96 valence electrons. The number of hydrogen-bond donors (Lipinski definition) is 1. The number of furan rings is 1. The SMILES string of the molecule is CCN(C1CCCC1)C(CN)c1ccc(C)o1. The van der Waals surface area contributed by atoms with E-state index in [4.69, 9.17) is 10.2 Å². The molecular formula is C14H24N2O. The van der Waals surface area contributed by atoms with Gasteiger partial charge in [0, 0.05) is 12.6 Å². The van der Waals surface area contributed by atoms with Crippen molar-refractivity contribution in [3.63, 3.8) is 0 Å². The third kappa shape index (κ3) is 2.72. The van der Waals surface area contributed by atoms with Gasteiger partial charge in [0.1, 0.15) is 11.5 Å². The molecule has 1 heterocycles. The summed E-state index contributed by atoms with van der Waals surface area (Å²) in [5.74, 6) is 2.00. The van der Waals surface area contributed by atoms with Gasteiger partial charge in [0.25, 0.3) is 0 Å². The Hall–Kier alpha value is -0.800. The van der Waals surface area contributed by atoms with Crippen molar-refractivity contribution in [3.8, 4) is 0 Å². The fraction of sp³-hybridized carbons (Fsp3) is 0.714. The molecule has 3 nitrogen and oxygen atoms in total. The maximum Gasteiger partial charge on any atom is 0.122 e. The number of hydrogen-bond acceptors (Lipinski definition) is 3. The Balaban J connectivity index is 2.14. The van der Waals surface area contributed by atoms with Crippen molar-refractivity contribution in [2.75, 3.05) is 13.1 Å². The van der Waals surface area contributed by atoms with Crippen LogP contribution in [0.1, 0.15) is 50.2 Å². The van der Waals surface area contributed by atoms with Crippen LogP contribution in [0.3, 0.4) is 0 Å². The van der Waals surface area contributed by atoms with Crippen LogP contribution < -0.4 is 5.73 Å². The van der Waals surface area contributed by atoms with E-state index in [-0.39, 0.29) is 6.04 Å². The summed E-state index contributed by atoms with van der Waals surface area (Å²) in [7, 11) is 0. The number of nitrogens with zero attached hydrogens (tertiary/aromatic N) is 1. The van der Waals surface area contributed by atoms with E-state index in [1.54, 1.807) is 0 Å². The van der Waals surface area contributed by atoms with Gasteiger partial charge in [0.2, 0.25) is 0 Å². The van der Waals surface area contributed by atoms with Gasteiger partial charge in [-0.15, -0.1) is 0 Å². The molecule has 0 radical (unpaired) electrons. The first kappa shape index (κ1) is 12.7. The van der Waals surface area contributed by atoms with Crippen molar-refractivity contribution >= 4 is 0 Å². The van der Waals surface area contributed by atoms with E-state index in [1.165, 1.54) is 25.7 Å². The van der Waals surface area contributed by atoms with Gasteiger partial charge >= 0.3 is 0 Å². The van der Waals surface area contributed by atoms with E-state index < -0.39 is 0 Å². The third-order valence-electron chi connectivity index (χ3n) is 3.87. The van der Waals surface area contributed by atoms with Gasteiger partial charge in [-0.1, -0.05) is 19.8 Å². The first-order valence-corrected chi connectivity index (χ1v) is 6.78. The minimum absolute atomic E-state index is 0.247. The van der Waals surface area contributed by atoms with Crippen LogP contribution >= 0.6 is 0 Å². The molecule has 1 aromatic heterocycles. The highest BCUT2D eigenvalue weighted by atomic mass is 16.3. The second-order valence-corrected chi connectivity index (χ2v) is 4.97.